The molecule has 0 radical (unpaired) electrons. The Labute approximate surface area is 122 Å². The first kappa shape index (κ1) is 12.3. The molecule has 0 fully saturated rings. The highest BCUT2D eigenvalue weighted by Gasteiger charge is 2.18. The van der Waals surface area contributed by atoms with Crippen LogP contribution in [0, 0.1) is 0 Å². The van der Waals surface area contributed by atoms with Crippen molar-refractivity contribution < 1.29 is 19.0 Å². The highest BCUT2D eigenvalue weighted by molar-refractivity contribution is 6.09. The number of ketones is 1. The van der Waals surface area contributed by atoms with Crippen molar-refractivity contribution in [2.24, 2.45) is 0 Å². The van der Waals surface area contributed by atoms with Crippen molar-refractivity contribution in [3.05, 3.63) is 53.1 Å². The van der Waals surface area contributed by atoms with Crippen molar-refractivity contribution in [2.75, 3.05) is 19.8 Å². The van der Waals surface area contributed by atoms with E-state index in [1.165, 1.54) is 0 Å². The summed E-state index contributed by atoms with van der Waals surface area (Å²) in [5.74, 6) is 2.20. The lowest BCUT2D eigenvalue weighted by Gasteiger charge is -2.18. The molecule has 4 rings (SSSR count). The molecule has 2 aliphatic rings. The fraction of sp³-hybridized carbons (Fsp3) is 0.235. The third-order valence-electron chi connectivity index (χ3n) is 3.76. The number of ether oxygens (including phenoxy) is 3. The van der Waals surface area contributed by atoms with Crippen LogP contribution < -0.4 is 14.2 Å². The van der Waals surface area contributed by atoms with Crippen molar-refractivity contribution >= 4 is 5.78 Å². The van der Waals surface area contributed by atoms with Gasteiger partial charge in [0.1, 0.15) is 19.0 Å². The Bertz CT molecular complexity index is 721. The molecule has 0 aromatic heterocycles. The van der Waals surface area contributed by atoms with Gasteiger partial charge in [0.05, 0.1) is 6.61 Å². The first-order valence-electron chi connectivity index (χ1n) is 7.01. The van der Waals surface area contributed by atoms with Crippen LogP contribution in [0.2, 0.25) is 0 Å². The number of benzene rings is 2. The highest BCUT2D eigenvalue weighted by atomic mass is 16.6. The lowest BCUT2D eigenvalue weighted by Crippen LogP contribution is -2.15. The van der Waals surface area contributed by atoms with Gasteiger partial charge in [-0.05, 0) is 42.0 Å². The Balaban J connectivity index is 1.68. The van der Waals surface area contributed by atoms with Crippen LogP contribution in [0.15, 0.2) is 36.4 Å². The normalized spacial score (nSPS) is 15.2. The molecule has 4 heteroatoms. The summed E-state index contributed by atoms with van der Waals surface area (Å²) in [6.45, 7) is 1.75. The van der Waals surface area contributed by atoms with E-state index in [2.05, 4.69) is 0 Å². The summed E-state index contributed by atoms with van der Waals surface area (Å²) in [6.07, 6.45) is 0.859. The van der Waals surface area contributed by atoms with Crippen LogP contribution in [0.5, 0.6) is 17.2 Å². The van der Waals surface area contributed by atoms with Gasteiger partial charge in [0.25, 0.3) is 0 Å². The second-order valence-corrected chi connectivity index (χ2v) is 5.11. The summed E-state index contributed by atoms with van der Waals surface area (Å²) < 4.78 is 16.5. The molecule has 0 amide bonds. The summed E-state index contributed by atoms with van der Waals surface area (Å²) in [5.41, 5.74) is 2.38. The highest BCUT2D eigenvalue weighted by Crippen LogP contribution is 2.32. The molecule has 0 spiro atoms. The maximum Gasteiger partial charge on any atom is 0.193 e. The van der Waals surface area contributed by atoms with Gasteiger partial charge in [-0.3, -0.25) is 4.79 Å². The van der Waals surface area contributed by atoms with Gasteiger partial charge in [0, 0.05) is 17.5 Å². The summed E-state index contributed by atoms with van der Waals surface area (Å²) in [7, 11) is 0. The number of hydrogen-bond acceptors (Lipinski definition) is 4. The lowest BCUT2D eigenvalue weighted by molar-refractivity contribution is 0.103. The molecule has 21 heavy (non-hydrogen) atoms. The second-order valence-electron chi connectivity index (χ2n) is 5.11. The number of fused-ring (bicyclic) bond motifs is 2. The lowest BCUT2D eigenvalue weighted by atomic mass is 10.00. The van der Waals surface area contributed by atoms with Gasteiger partial charge in [-0.15, -0.1) is 0 Å². The molecule has 0 atom stereocenters. The Morgan fingerprint density at radius 3 is 2.29 bits per heavy atom. The van der Waals surface area contributed by atoms with E-state index < -0.39 is 0 Å². The molecule has 0 saturated heterocycles. The van der Waals surface area contributed by atoms with Crippen molar-refractivity contribution in [3.63, 3.8) is 0 Å². The smallest absolute Gasteiger partial charge is 0.193 e. The molecule has 0 N–H and O–H groups in total. The van der Waals surface area contributed by atoms with Crippen molar-refractivity contribution in [1.29, 1.82) is 0 Å². The Hall–Kier alpha value is -2.49. The first-order chi connectivity index (χ1) is 10.3. The molecule has 2 heterocycles. The van der Waals surface area contributed by atoms with E-state index in [1.807, 2.05) is 18.2 Å². The molecule has 0 unspecified atom stereocenters. The summed E-state index contributed by atoms with van der Waals surface area (Å²) in [5, 5.41) is 0. The zero-order valence-electron chi connectivity index (χ0n) is 11.4. The van der Waals surface area contributed by atoms with E-state index in [-0.39, 0.29) is 5.78 Å². The molecule has 0 bridgehead atoms. The van der Waals surface area contributed by atoms with Crippen LogP contribution in [-0.2, 0) is 6.42 Å². The van der Waals surface area contributed by atoms with Crippen LogP contribution in [0.3, 0.4) is 0 Å². The van der Waals surface area contributed by atoms with E-state index in [4.69, 9.17) is 14.2 Å². The third kappa shape index (κ3) is 2.13. The molecule has 2 aromatic carbocycles. The molecule has 2 aliphatic heterocycles. The van der Waals surface area contributed by atoms with Crippen molar-refractivity contribution in [2.45, 2.75) is 6.42 Å². The van der Waals surface area contributed by atoms with Crippen LogP contribution in [0.4, 0.5) is 0 Å². The van der Waals surface area contributed by atoms with E-state index in [0.29, 0.717) is 42.4 Å². The molecule has 4 nitrogen and oxygen atoms in total. The van der Waals surface area contributed by atoms with Gasteiger partial charge in [-0.25, -0.2) is 0 Å². The van der Waals surface area contributed by atoms with Crippen LogP contribution in [0.25, 0.3) is 0 Å². The zero-order chi connectivity index (χ0) is 14.2. The minimum Gasteiger partial charge on any atom is -0.493 e. The van der Waals surface area contributed by atoms with Gasteiger partial charge < -0.3 is 14.2 Å². The predicted molar refractivity (Wildman–Crippen MR) is 76.5 cm³/mol. The second kappa shape index (κ2) is 4.81. The minimum atomic E-state index is -0.0123. The zero-order valence-corrected chi connectivity index (χ0v) is 11.4. The van der Waals surface area contributed by atoms with E-state index >= 15 is 0 Å². The van der Waals surface area contributed by atoms with Gasteiger partial charge in [0.15, 0.2) is 17.3 Å². The van der Waals surface area contributed by atoms with E-state index in [0.717, 1.165) is 17.7 Å². The van der Waals surface area contributed by atoms with E-state index in [9.17, 15) is 4.79 Å². The number of hydrogen-bond donors (Lipinski definition) is 0. The quantitative estimate of drug-likeness (QED) is 0.794. The van der Waals surface area contributed by atoms with Crippen LogP contribution in [-0.4, -0.2) is 25.6 Å². The molecule has 0 aliphatic carbocycles. The van der Waals surface area contributed by atoms with Crippen LogP contribution in [0.1, 0.15) is 21.5 Å². The maximum atomic E-state index is 12.6. The van der Waals surface area contributed by atoms with Crippen molar-refractivity contribution in [3.8, 4) is 17.2 Å². The van der Waals surface area contributed by atoms with Gasteiger partial charge >= 0.3 is 0 Å². The SMILES string of the molecule is O=C(c1ccc2c(c1)CCO2)c1ccc2c(c1)OCCO2. The topological polar surface area (TPSA) is 44.8 Å². The Morgan fingerprint density at radius 2 is 1.43 bits per heavy atom. The standard InChI is InChI=1S/C17H14O4/c18-17(12-1-3-14-11(9-12)5-6-19-14)13-2-4-15-16(10-13)21-8-7-20-15/h1-4,9-10H,5-8H2. The average Bonchev–Trinajstić information content (AvgIpc) is 3.01. The summed E-state index contributed by atoms with van der Waals surface area (Å²) >= 11 is 0. The maximum absolute atomic E-state index is 12.6. The minimum absolute atomic E-state index is 0.0123. The van der Waals surface area contributed by atoms with Gasteiger partial charge in [0.2, 0.25) is 0 Å². The molecule has 0 saturated carbocycles. The fourth-order valence-electron chi connectivity index (χ4n) is 2.68. The number of carbonyl (C=O) groups is 1. The largest absolute Gasteiger partial charge is 0.493 e. The number of carbonyl (C=O) groups excluding carboxylic acids is 1. The van der Waals surface area contributed by atoms with Gasteiger partial charge in [-0.2, -0.15) is 0 Å². The monoisotopic (exact) mass is 282 g/mol. The predicted octanol–water partition coefficient (Wildman–Crippen LogP) is 2.62. The summed E-state index contributed by atoms with van der Waals surface area (Å²) in [4.78, 5) is 12.6. The van der Waals surface area contributed by atoms with Crippen molar-refractivity contribution in [1.82, 2.24) is 0 Å². The molecule has 106 valence electrons. The molecule has 2 aromatic rings. The fourth-order valence-corrected chi connectivity index (χ4v) is 2.68. The Morgan fingerprint density at radius 1 is 0.762 bits per heavy atom. The molecular weight excluding hydrogens is 268 g/mol. The third-order valence-corrected chi connectivity index (χ3v) is 3.76. The van der Waals surface area contributed by atoms with Crippen LogP contribution >= 0.6 is 0 Å². The Kier molecular flexibility index (Phi) is 2.81. The molecular formula is C17H14O4. The first-order valence-corrected chi connectivity index (χ1v) is 7.01. The van der Waals surface area contributed by atoms with Gasteiger partial charge in [-0.1, -0.05) is 0 Å². The average molecular weight is 282 g/mol. The summed E-state index contributed by atoms with van der Waals surface area (Å²) in [6, 6.07) is 10.9. The van der Waals surface area contributed by atoms with E-state index in [1.54, 1.807) is 18.2 Å². The number of rotatable bonds is 2.